The molecule has 0 unspecified atom stereocenters. The van der Waals surface area contributed by atoms with Gasteiger partial charge in [-0.3, -0.25) is 0 Å². The summed E-state index contributed by atoms with van der Waals surface area (Å²) in [6.07, 6.45) is 1.00. The molecule has 2 heteroatoms. The van der Waals surface area contributed by atoms with E-state index in [2.05, 4.69) is 42.7 Å². The minimum absolute atomic E-state index is 0.981. The summed E-state index contributed by atoms with van der Waals surface area (Å²) in [6, 6.07) is 12.6. The van der Waals surface area contributed by atoms with Gasteiger partial charge in [0.1, 0.15) is 5.75 Å². The second-order valence-electron chi connectivity index (χ2n) is 4.33. The van der Waals surface area contributed by atoms with Crippen LogP contribution in [0.3, 0.4) is 0 Å². The summed E-state index contributed by atoms with van der Waals surface area (Å²) >= 11 is 0. The Bertz CT molecular complexity index is 480. The normalized spacial score (nSPS) is 10.5. The number of para-hydroxylation sites is 1. The number of methoxy groups -OCH3 is 1. The first kappa shape index (κ1) is 11.8. The van der Waals surface area contributed by atoms with Gasteiger partial charge >= 0.3 is 0 Å². The molecule has 0 radical (unpaired) electrons. The Labute approximate surface area is 103 Å². The van der Waals surface area contributed by atoms with Gasteiger partial charge in [-0.05, 0) is 44.0 Å². The van der Waals surface area contributed by atoms with Crippen molar-refractivity contribution < 1.29 is 4.74 Å². The third-order valence-electron chi connectivity index (χ3n) is 3.21. The minimum Gasteiger partial charge on any atom is -0.496 e. The van der Waals surface area contributed by atoms with E-state index in [0.29, 0.717) is 0 Å². The molecule has 0 atom stereocenters. The molecule has 1 aromatic heterocycles. The first-order valence-electron chi connectivity index (χ1n) is 5.97. The number of ether oxygens (including phenoxy) is 1. The molecule has 0 aliphatic rings. The van der Waals surface area contributed by atoms with Crippen LogP contribution in [-0.4, -0.2) is 11.7 Å². The van der Waals surface area contributed by atoms with Crippen molar-refractivity contribution in [3.63, 3.8) is 0 Å². The Morgan fingerprint density at radius 1 is 1.00 bits per heavy atom. The summed E-state index contributed by atoms with van der Waals surface area (Å²) in [6.45, 7) is 5.30. The molecule has 0 fully saturated rings. The number of aryl methyl sites for hydroxylation is 3. The molecule has 0 bridgehead atoms. The van der Waals surface area contributed by atoms with E-state index in [1.807, 2.05) is 12.1 Å². The van der Waals surface area contributed by atoms with Crippen molar-refractivity contribution in [2.45, 2.75) is 26.8 Å². The molecule has 1 aromatic carbocycles. The molecule has 0 spiro atoms. The average molecular weight is 229 g/mol. The van der Waals surface area contributed by atoms with Crippen molar-refractivity contribution in [2.75, 3.05) is 7.11 Å². The zero-order valence-electron chi connectivity index (χ0n) is 10.7. The van der Waals surface area contributed by atoms with Crippen molar-refractivity contribution in [3.8, 4) is 5.75 Å². The molecule has 17 heavy (non-hydrogen) atoms. The highest BCUT2D eigenvalue weighted by molar-refractivity contribution is 5.33. The van der Waals surface area contributed by atoms with Gasteiger partial charge in [0.2, 0.25) is 0 Å². The average Bonchev–Trinajstić information content (AvgIpc) is 2.67. The van der Waals surface area contributed by atoms with E-state index in [1.54, 1.807) is 7.11 Å². The zero-order valence-corrected chi connectivity index (χ0v) is 10.7. The van der Waals surface area contributed by atoms with Gasteiger partial charge in [-0.15, -0.1) is 0 Å². The van der Waals surface area contributed by atoms with Crippen LogP contribution in [0.1, 0.15) is 17.0 Å². The molecule has 0 aliphatic heterocycles. The SMILES string of the molecule is COc1ccccc1CCn1c(C)ccc1C. The maximum absolute atomic E-state index is 5.37. The molecule has 2 rings (SSSR count). The Kier molecular flexibility index (Phi) is 3.52. The molecule has 2 aromatic rings. The Balaban J connectivity index is 2.12. The van der Waals surface area contributed by atoms with Crippen LogP contribution in [0.15, 0.2) is 36.4 Å². The molecule has 0 saturated heterocycles. The van der Waals surface area contributed by atoms with Crippen LogP contribution in [0, 0.1) is 13.8 Å². The topological polar surface area (TPSA) is 14.2 Å². The lowest BCUT2D eigenvalue weighted by molar-refractivity contribution is 0.408. The molecule has 2 nitrogen and oxygen atoms in total. The van der Waals surface area contributed by atoms with E-state index >= 15 is 0 Å². The lowest BCUT2D eigenvalue weighted by Gasteiger charge is -2.11. The summed E-state index contributed by atoms with van der Waals surface area (Å²) in [5.41, 5.74) is 3.90. The van der Waals surface area contributed by atoms with E-state index < -0.39 is 0 Å². The van der Waals surface area contributed by atoms with Crippen molar-refractivity contribution in [1.82, 2.24) is 4.57 Å². The van der Waals surface area contributed by atoms with Crippen LogP contribution in [0.2, 0.25) is 0 Å². The largest absolute Gasteiger partial charge is 0.496 e. The molecular weight excluding hydrogens is 210 g/mol. The summed E-state index contributed by atoms with van der Waals surface area (Å²) in [7, 11) is 1.73. The summed E-state index contributed by atoms with van der Waals surface area (Å²) < 4.78 is 7.71. The predicted octanol–water partition coefficient (Wildman–Crippen LogP) is 3.36. The molecular formula is C15H19NO. The maximum Gasteiger partial charge on any atom is 0.122 e. The summed E-state index contributed by atoms with van der Waals surface area (Å²) in [5.74, 6) is 0.981. The first-order chi connectivity index (χ1) is 8.22. The van der Waals surface area contributed by atoms with Gasteiger partial charge in [0, 0.05) is 17.9 Å². The summed E-state index contributed by atoms with van der Waals surface area (Å²) in [4.78, 5) is 0. The summed E-state index contributed by atoms with van der Waals surface area (Å²) in [5, 5.41) is 0. The van der Waals surface area contributed by atoms with Gasteiger partial charge in [-0.1, -0.05) is 18.2 Å². The highest BCUT2D eigenvalue weighted by Gasteiger charge is 2.04. The van der Waals surface area contributed by atoms with Gasteiger partial charge in [0.25, 0.3) is 0 Å². The van der Waals surface area contributed by atoms with Gasteiger partial charge in [0.05, 0.1) is 7.11 Å². The van der Waals surface area contributed by atoms with Crippen LogP contribution in [0.5, 0.6) is 5.75 Å². The van der Waals surface area contributed by atoms with E-state index in [1.165, 1.54) is 17.0 Å². The fraction of sp³-hybridized carbons (Fsp3) is 0.333. The van der Waals surface area contributed by atoms with Crippen LogP contribution < -0.4 is 4.74 Å². The van der Waals surface area contributed by atoms with Crippen LogP contribution in [0.25, 0.3) is 0 Å². The third-order valence-corrected chi connectivity index (χ3v) is 3.21. The van der Waals surface area contributed by atoms with Crippen LogP contribution in [0.4, 0.5) is 0 Å². The maximum atomic E-state index is 5.37. The van der Waals surface area contributed by atoms with Crippen molar-refractivity contribution in [3.05, 3.63) is 53.3 Å². The number of hydrogen-bond acceptors (Lipinski definition) is 1. The van der Waals surface area contributed by atoms with Crippen molar-refractivity contribution >= 4 is 0 Å². The van der Waals surface area contributed by atoms with E-state index in [4.69, 9.17) is 4.74 Å². The fourth-order valence-corrected chi connectivity index (χ4v) is 2.19. The minimum atomic E-state index is 0.981. The van der Waals surface area contributed by atoms with E-state index in [-0.39, 0.29) is 0 Å². The predicted molar refractivity (Wildman–Crippen MR) is 70.6 cm³/mol. The smallest absolute Gasteiger partial charge is 0.122 e. The Hall–Kier alpha value is -1.70. The van der Waals surface area contributed by atoms with Crippen molar-refractivity contribution in [1.29, 1.82) is 0 Å². The number of hydrogen-bond donors (Lipinski definition) is 0. The Morgan fingerprint density at radius 2 is 1.65 bits per heavy atom. The number of rotatable bonds is 4. The quantitative estimate of drug-likeness (QED) is 0.784. The number of aromatic nitrogens is 1. The number of nitrogens with zero attached hydrogens (tertiary/aromatic N) is 1. The molecule has 90 valence electrons. The standard InChI is InChI=1S/C15H19NO/c1-12-8-9-13(2)16(12)11-10-14-6-4-5-7-15(14)17-3/h4-9H,10-11H2,1-3H3. The van der Waals surface area contributed by atoms with Gasteiger partial charge in [0.15, 0.2) is 0 Å². The molecule has 0 N–H and O–H groups in total. The fourth-order valence-electron chi connectivity index (χ4n) is 2.19. The van der Waals surface area contributed by atoms with E-state index in [9.17, 15) is 0 Å². The monoisotopic (exact) mass is 229 g/mol. The highest BCUT2D eigenvalue weighted by Crippen LogP contribution is 2.19. The van der Waals surface area contributed by atoms with Crippen LogP contribution in [-0.2, 0) is 13.0 Å². The zero-order chi connectivity index (χ0) is 12.3. The first-order valence-corrected chi connectivity index (χ1v) is 5.97. The second kappa shape index (κ2) is 5.09. The number of benzene rings is 1. The van der Waals surface area contributed by atoms with Gasteiger partial charge in [-0.2, -0.15) is 0 Å². The molecule has 0 amide bonds. The lowest BCUT2D eigenvalue weighted by Crippen LogP contribution is -2.05. The highest BCUT2D eigenvalue weighted by atomic mass is 16.5. The van der Waals surface area contributed by atoms with Crippen LogP contribution >= 0.6 is 0 Å². The van der Waals surface area contributed by atoms with Crippen molar-refractivity contribution in [2.24, 2.45) is 0 Å². The molecule has 1 heterocycles. The molecule has 0 saturated carbocycles. The third kappa shape index (κ3) is 2.52. The lowest BCUT2D eigenvalue weighted by atomic mass is 10.1. The van der Waals surface area contributed by atoms with Gasteiger partial charge in [-0.25, -0.2) is 0 Å². The molecule has 0 aliphatic carbocycles. The Morgan fingerprint density at radius 3 is 2.29 bits per heavy atom. The van der Waals surface area contributed by atoms with Gasteiger partial charge < -0.3 is 9.30 Å². The van der Waals surface area contributed by atoms with E-state index in [0.717, 1.165) is 18.7 Å². The second-order valence-corrected chi connectivity index (χ2v) is 4.33.